The van der Waals surface area contributed by atoms with Gasteiger partial charge in [-0.1, -0.05) is 26.0 Å². The zero-order chi connectivity index (χ0) is 21.1. The summed E-state index contributed by atoms with van der Waals surface area (Å²) in [5, 5.41) is 2.27. The SMILES string of the molecule is CC(C)C(=O)N1CCN(Cc2ccc(CN3CCC(=O)NC3=O)cc2F)C[C@@H]1C. The van der Waals surface area contributed by atoms with E-state index in [0.717, 1.165) is 0 Å². The van der Waals surface area contributed by atoms with Gasteiger partial charge >= 0.3 is 6.03 Å². The van der Waals surface area contributed by atoms with Gasteiger partial charge in [-0.25, -0.2) is 9.18 Å². The summed E-state index contributed by atoms with van der Waals surface area (Å²) in [5.41, 5.74) is 1.29. The first-order valence-electron chi connectivity index (χ1n) is 10.1. The lowest BCUT2D eigenvalue weighted by atomic mass is 10.1. The van der Waals surface area contributed by atoms with Crippen molar-refractivity contribution in [2.24, 2.45) is 5.92 Å². The summed E-state index contributed by atoms with van der Waals surface area (Å²) in [7, 11) is 0. The Bertz CT molecular complexity index is 798. The largest absolute Gasteiger partial charge is 0.337 e. The van der Waals surface area contributed by atoms with Crippen molar-refractivity contribution in [3.8, 4) is 0 Å². The van der Waals surface area contributed by atoms with Gasteiger partial charge in [-0.15, -0.1) is 0 Å². The van der Waals surface area contributed by atoms with E-state index in [1.807, 2.05) is 31.7 Å². The summed E-state index contributed by atoms with van der Waals surface area (Å²) >= 11 is 0. The third-order valence-corrected chi connectivity index (χ3v) is 5.52. The molecule has 0 aromatic heterocycles. The Hall–Kier alpha value is -2.48. The van der Waals surface area contributed by atoms with Gasteiger partial charge < -0.3 is 9.80 Å². The van der Waals surface area contributed by atoms with Crippen LogP contribution >= 0.6 is 0 Å². The van der Waals surface area contributed by atoms with Crippen LogP contribution < -0.4 is 5.32 Å². The van der Waals surface area contributed by atoms with Crippen LogP contribution in [0.2, 0.25) is 0 Å². The number of piperazine rings is 1. The Morgan fingerprint density at radius 2 is 1.97 bits per heavy atom. The van der Waals surface area contributed by atoms with Crippen molar-refractivity contribution in [1.82, 2.24) is 20.0 Å². The van der Waals surface area contributed by atoms with E-state index >= 15 is 0 Å². The highest BCUT2D eigenvalue weighted by Crippen LogP contribution is 2.19. The van der Waals surface area contributed by atoms with E-state index in [9.17, 15) is 18.8 Å². The molecule has 0 spiro atoms. The minimum atomic E-state index is -0.437. The molecule has 2 saturated heterocycles. The monoisotopic (exact) mass is 404 g/mol. The maximum absolute atomic E-state index is 14.7. The van der Waals surface area contributed by atoms with Crippen LogP contribution in [-0.2, 0) is 22.7 Å². The molecule has 1 atom stereocenters. The number of imide groups is 1. The van der Waals surface area contributed by atoms with E-state index < -0.39 is 6.03 Å². The molecule has 7 nitrogen and oxygen atoms in total. The molecule has 8 heteroatoms. The van der Waals surface area contributed by atoms with Gasteiger partial charge in [-0.05, 0) is 18.6 Å². The second kappa shape index (κ2) is 8.90. The zero-order valence-corrected chi connectivity index (χ0v) is 17.3. The number of carbonyl (C=O) groups is 3. The Morgan fingerprint density at radius 3 is 2.59 bits per heavy atom. The van der Waals surface area contributed by atoms with Crippen LogP contribution in [0.5, 0.6) is 0 Å². The van der Waals surface area contributed by atoms with Gasteiger partial charge in [0.25, 0.3) is 0 Å². The number of nitrogens with zero attached hydrogens (tertiary/aromatic N) is 3. The molecule has 29 heavy (non-hydrogen) atoms. The van der Waals surface area contributed by atoms with Gasteiger partial charge in [0, 0.05) is 63.2 Å². The molecule has 0 aliphatic carbocycles. The average Bonchev–Trinajstić information content (AvgIpc) is 2.66. The Kier molecular flexibility index (Phi) is 6.52. The molecule has 4 amide bonds. The smallest absolute Gasteiger partial charge is 0.324 e. The fourth-order valence-electron chi connectivity index (χ4n) is 3.86. The lowest BCUT2D eigenvalue weighted by molar-refractivity contribution is -0.139. The van der Waals surface area contributed by atoms with Crippen LogP contribution in [0.4, 0.5) is 9.18 Å². The van der Waals surface area contributed by atoms with Crippen LogP contribution in [0.1, 0.15) is 38.3 Å². The molecule has 1 N–H and O–H groups in total. The van der Waals surface area contributed by atoms with Crippen molar-refractivity contribution >= 4 is 17.8 Å². The van der Waals surface area contributed by atoms with E-state index in [4.69, 9.17) is 0 Å². The fourth-order valence-corrected chi connectivity index (χ4v) is 3.86. The number of carbonyl (C=O) groups excluding carboxylic acids is 3. The Morgan fingerprint density at radius 1 is 1.21 bits per heavy atom. The van der Waals surface area contributed by atoms with E-state index in [0.29, 0.717) is 43.9 Å². The number of hydrogen-bond donors (Lipinski definition) is 1. The Labute approximate surface area is 170 Å². The van der Waals surface area contributed by atoms with Crippen molar-refractivity contribution in [1.29, 1.82) is 0 Å². The molecule has 0 unspecified atom stereocenters. The van der Waals surface area contributed by atoms with E-state index in [1.165, 1.54) is 11.0 Å². The number of nitrogens with one attached hydrogen (secondary N) is 1. The molecule has 1 aromatic carbocycles. The molecule has 1 aromatic rings. The molecule has 158 valence electrons. The maximum Gasteiger partial charge on any atom is 0.324 e. The minimum absolute atomic E-state index is 0.0194. The summed E-state index contributed by atoms with van der Waals surface area (Å²) in [6, 6.07) is 4.70. The normalized spacial score (nSPS) is 20.9. The molecule has 2 fully saturated rings. The molecule has 2 heterocycles. The van der Waals surface area contributed by atoms with Crippen LogP contribution in [0.15, 0.2) is 18.2 Å². The molecule has 0 radical (unpaired) electrons. The van der Waals surface area contributed by atoms with E-state index in [-0.39, 0.29) is 42.6 Å². The van der Waals surface area contributed by atoms with Gasteiger partial charge in [-0.2, -0.15) is 0 Å². The topological polar surface area (TPSA) is 73.0 Å². The van der Waals surface area contributed by atoms with Crippen LogP contribution in [0.3, 0.4) is 0 Å². The molecule has 2 aliphatic rings. The van der Waals surface area contributed by atoms with Crippen LogP contribution in [0, 0.1) is 11.7 Å². The van der Waals surface area contributed by atoms with E-state index in [2.05, 4.69) is 10.2 Å². The number of halogens is 1. The standard InChI is InChI=1S/C21H29FN4O3/c1-14(2)20(28)26-9-8-24(11-15(26)3)13-17-5-4-16(10-18(17)22)12-25-7-6-19(27)23-21(25)29/h4-5,10,14-15H,6-9,11-13H2,1-3H3,(H,23,27,29)/t15-/m0/s1. The zero-order valence-electron chi connectivity index (χ0n) is 17.3. The summed E-state index contributed by atoms with van der Waals surface area (Å²) in [4.78, 5) is 40.9. The van der Waals surface area contributed by atoms with Gasteiger partial charge in [0.2, 0.25) is 11.8 Å². The molecular weight excluding hydrogens is 375 g/mol. The Balaban J connectivity index is 1.58. The predicted octanol–water partition coefficient (Wildman–Crippen LogP) is 1.96. The third kappa shape index (κ3) is 5.12. The molecule has 0 saturated carbocycles. The number of rotatable bonds is 5. The van der Waals surface area contributed by atoms with Crippen molar-refractivity contribution in [2.45, 2.75) is 46.3 Å². The van der Waals surface area contributed by atoms with E-state index in [1.54, 1.807) is 6.07 Å². The summed E-state index contributed by atoms with van der Waals surface area (Å²) in [6.07, 6.45) is 0.260. The highest BCUT2D eigenvalue weighted by atomic mass is 19.1. The lowest BCUT2D eigenvalue weighted by Crippen LogP contribution is -2.54. The minimum Gasteiger partial charge on any atom is -0.337 e. The number of hydrogen-bond acceptors (Lipinski definition) is 4. The van der Waals surface area contributed by atoms with Gasteiger partial charge in [0.1, 0.15) is 5.82 Å². The number of benzene rings is 1. The van der Waals surface area contributed by atoms with Crippen molar-refractivity contribution in [3.63, 3.8) is 0 Å². The van der Waals surface area contributed by atoms with Crippen molar-refractivity contribution < 1.29 is 18.8 Å². The fraction of sp³-hybridized carbons (Fsp3) is 0.571. The average molecular weight is 404 g/mol. The second-order valence-corrected chi connectivity index (χ2v) is 8.22. The number of amides is 4. The van der Waals surface area contributed by atoms with Gasteiger partial charge in [0.15, 0.2) is 0 Å². The quantitative estimate of drug-likeness (QED) is 0.814. The van der Waals surface area contributed by atoms with Crippen molar-refractivity contribution in [2.75, 3.05) is 26.2 Å². The predicted molar refractivity (Wildman–Crippen MR) is 106 cm³/mol. The molecule has 2 aliphatic heterocycles. The van der Waals surface area contributed by atoms with Crippen LogP contribution in [0.25, 0.3) is 0 Å². The maximum atomic E-state index is 14.7. The second-order valence-electron chi connectivity index (χ2n) is 8.22. The number of urea groups is 1. The molecule has 0 bridgehead atoms. The third-order valence-electron chi connectivity index (χ3n) is 5.52. The first-order valence-corrected chi connectivity index (χ1v) is 10.1. The summed E-state index contributed by atoms with van der Waals surface area (Å²) in [6.45, 7) is 9.01. The highest BCUT2D eigenvalue weighted by molar-refractivity contribution is 5.96. The summed E-state index contributed by atoms with van der Waals surface area (Å²) in [5.74, 6) is -0.438. The first kappa shape index (κ1) is 21.2. The van der Waals surface area contributed by atoms with Crippen molar-refractivity contribution in [3.05, 3.63) is 35.1 Å². The molecule has 3 rings (SSSR count). The van der Waals surface area contributed by atoms with Gasteiger partial charge in [-0.3, -0.25) is 19.8 Å². The lowest BCUT2D eigenvalue weighted by Gasteiger charge is -2.40. The highest BCUT2D eigenvalue weighted by Gasteiger charge is 2.29. The first-order chi connectivity index (χ1) is 13.7. The van der Waals surface area contributed by atoms with Gasteiger partial charge in [0.05, 0.1) is 0 Å². The van der Waals surface area contributed by atoms with Crippen LogP contribution in [-0.4, -0.2) is 64.8 Å². The molecular formula is C21H29FN4O3. The summed E-state index contributed by atoms with van der Waals surface area (Å²) < 4.78 is 14.7.